The predicted octanol–water partition coefficient (Wildman–Crippen LogP) is 3.60. The standard InChI is InChI=1S/C12H21NO/c1-8(2)12-6-5-11(4,7-12)9(3)10(12)13-14/h8-10H,5-7H2,1-4H3. The van der Waals surface area contributed by atoms with Crippen molar-refractivity contribution >= 4 is 0 Å². The largest absolute Gasteiger partial charge is 0.150 e. The van der Waals surface area contributed by atoms with Crippen molar-refractivity contribution in [1.29, 1.82) is 0 Å². The number of hydrogen-bond donors (Lipinski definition) is 0. The van der Waals surface area contributed by atoms with E-state index in [1.54, 1.807) is 0 Å². The van der Waals surface area contributed by atoms with Gasteiger partial charge in [0, 0.05) is 0 Å². The highest BCUT2D eigenvalue weighted by molar-refractivity contribution is 5.14. The van der Waals surface area contributed by atoms with E-state index < -0.39 is 0 Å². The number of nitrogens with zero attached hydrogens (tertiary/aromatic N) is 1. The highest BCUT2D eigenvalue weighted by atomic mass is 16.3. The van der Waals surface area contributed by atoms with Crippen LogP contribution in [0.3, 0.4) is 0 Å². The lowest BCUT2D eigenvalue weighted by molar-refractivity contribution is 0.130. The van der Waals surface area contributed by atoms with Crippen molar-refractivity contribution in [1.82, 2.24) is 0 Å². The summed E-state index contributed by atoms with van der Waals surface area (Å²) in [6.07, 6.45) is 3.72. The number of nitroso groups, excluding NO2 is 1. The topological polar surface area (TPSA) is 29.4 Å². The van der Waals surface area contributed by atoms with Gasteiger partial charge in [-0.05, 0) is 41.9 Å². The van der Waals surface area contributed by atoms with Crippen LogP contribution in [0.1, 0.15) is 47.0 Å². The lowest BCUT2D eigenvalue weighted by Gasteiger charge is -2.38. The second-order valence-corrected chi connectivity index (χ2v) is 6.06. The molecular formula is C12H21NO. The fraction of sp³-hybridized carbons (Fsp3) is 1.00. The van der Waals surface area contributed by atoms with Gasteiger partial charge in [0.05, 0.1) is 0 Å². The molecule has 0 saturated heterocycles. The van der Waals surface area contributed by atoms with Crippen LogP contribution in [-0.2, 0) is 0 Å². The number of hydrogen-bond acceptors (Lipinski definition) is 2. The Kier molecular flexibility index (Phi) is 2.03. The molecule has 2 saturated carbocycles. The van der Waals surface area contributed by atoms with Crippen LogP contribution < -0.4 is 0 Å². The van der Waals surface area contributed by atoms with Crippen molar-refractivity contribution in [2.75, 3.05) is 0 Å². The minimum atomic E-state index is 0.0706. The van der Waals surface area contributed by atoms with Crippen molar-refractivity contribution in [2.45, 2.75) is 53.0 Å². The fourth-order valence-electron chi connectivity index (χ4n) is 4.00. The lowest BCUT2D eigenvalue weighted by Crippen LogP contribution is -2.38. The summed E-state index contributed by atoms with van der Waals surface area (Å²) in [5, 5.41) is 3.44. The van der Waals surface area contributed by atoms with Gasteiger partial charge in [-0.3, -0.25) is 0 Å². The zero-order valence-electron chi connectivity index (χ0n) is 9.71. The summed E-state index contributed by atoms with van der Waals surface area (Å²) in [5.74, 6) is 1.08. The zero-order chi connectivity index (χ0) is 10.6. The maximum absolute atomic E-state index is 11.0. The van der Waals surface area contributed by atoms with E-state index in [1.165, 1.54) is 19.3 Å². The maximum Gasteiger partial charge on any atom is 0.101 e. The minimum Gasteiger partial charge on any atom is -0.150 e. The Balaban J connectivity index is 2.39. The molecule has 4 atom stereocenters. The Morgan fingerprint density at radius 2 is 2.00 bits per heavy atom. The Labute approximate surface area is 86.4 Å². The van der Waals surface area contributed by atoms with Gasteiger partial charge >= 0.3 is 0 Å². The molecule has 0 heterocycles. The predicted molar refractivity (Wildman–Crippen MR) is 58.0 cm³/mol. The van der Waals surface area contributed by atoms with Crippen molar-refractivity contribution in [3.63, 3.8) is 0 Å². The molecule has 2 bridgehead atoms. The van der Waals surface area contributed by atoms with Gasteiger partial charge in [-0.2, -0.15) is 4.91 Å². The minimum absolute atomic E-state index is 0.0706. The Morgan fingerprint density at radius 1 is 1.36 bits per heavy atom. The quantitative estimate of drug-likeness (QED) is 0.619. The second kappa shape index (κ2) is 2.80. The van der Waals surface area contributed by atoms with Gasteiger partial charge < -0.3 is 0 Å². The molecule has 14 heavy (non-hydrogen) atoms. The van der Waals surface area contributed by atoms with Crippen LogP contribution in [0.2, 0.25) is 0 Å². The summed E-state index contributed by atoms with van der Waals surface area (Å²) in [7, 11) is 0. The van der Waals surface area contributed by atoms with Crippen LogP contribution in [0.5, 0.6) is 0 Å². The van der Waals surface area contributed by atoms with E-state index in [0.717, 1.165) is 0 Å². The SMILES string of the molecule is CC1C(N=O)C2(C(C)C)CCC1(C)C2. The first-order valence-electron chi connectivity index (χ1n) is 5.79. The highest BCUT2D eigenvalue weighted by Crippen LogP contribution is 2.67. The molecule has 80 valence electrons. The van der Waals surface area contributed by atoms with E-state index in [2.05, 4.69) is 32.9 Å². The second-order valence-electron chi connectivity index (χ2n) is 6.06. The van der Waals surface area contributed by atoms with Crippen LogP contribution in [0, 0.1) is 27.6 Å². The Bertz CT molecular complexity index is 263. The van der Waals surface area contributed by atoms with Crippen LogP contribution in [0.4, 0.5) is 0 Å². The third-order valence-corrected chi connectivity index (χ3v) is 5.32. The van der Waals surface area contributed by atoms with Gasteiger partial charge in [0.2, 0.25) is 0 Å². The molecule has 4 unspecified atom stereocenters. The summed E-state index contributed by atoms with van der Waals surface area (Å²) >= 11 is 0. The highest BCUT2D eigenvalue weighted by Gasteiger charge is 2.63. The number of rotatable bonds is 2. The van der Waals surface area contributed by atoms with Crippen molar-refractivity contribution in [2.24, 2.45) is 27.8 Å². The zero-order valence-corrected chi connectivity index (χ0v) is 9.71. The molecular weight excluding hydrogens is 174 g/mol. The van der Waals surface area contributed by atoms with E-state index >= 15 is 0 Å². The normalized spacial score (nSPS) is 51.5. The van der Waals surface area contributed by atoms with Gasteiger partial charge in [-0.15, -0.1) is 0 Å². The van der Waals surface area contributed by atoms with Crippen LogP contribution in [-0.4, -0.2) is 6.04 Å². The number of fused-ring (bicyclic) bond motifs is 2. The monoisotopic (exact) mass is 195 g/mol. The molecule has 2 aliphatic rings. The van der Waals surface area contributed by atoms with Gasteiger partial charge in [-0.1, -0.05) is 32.9 Å². The first-order chi connectivity index (χ1) is 6.46. The average Bonchev–Trinajstić information content (AvgIpc) is 2.56. The Morgan fingerprint density at radius 3 is 2.43 bits per heavy atom. The summed E-state index contributed by atoms with van der Waals surface area (Å²) in [5.41, 5.74) is 0.624. The summed E-state index contributed by atoms with van der Waals surface area (Å²) in [6.45, 7) is 9.06. The van der Waals surface area contributed by atoms with Crippen molar-refractivity contribution in [3.05, 3.63) is 4.91 Å². The summed E-state index contributed by atoms with van der Waals surface area (Å²) in [6, 6.07) is 0.0706. The van der Waals surface area contributed by atoms with Crippen molar-refractivity contribution < 1.29 is 0 Å². The molecule has 2 nitrogen and oxygen atoms in total. The fourth-order valence-corrected chi connectivity index (χ4v) is 4.00. The average molecular weight is 195 g/mol. The molecule has 2 heteroatoms. The van der Waals surface area contributed by atoms with Gasteiger partial charge in [-0.25, -0.2) is 0 Å². The van der Waals surface area contributed by atoms with Crippen molar-refractivity contribution in [3.8, 4) is 0 Å². The first-order valence-corrected chi connectivity index (χ1v) is 5.79. The summed E-state index contributed by atoms with van der Waals surface area (Å²) in [4.78, 5) is 11.0. The van der Waals surface area contributed by atoms with Gasteiger partial charge in [0.1, 0.15) is 6.04 Å². The lowest BCUT2D eigenvalue weighted by atomic mass is 9.68. The molecule has 0 aromatic carbocycles. The van der Waals surface area contributed by atoms with Gasteiger partial charge in [0.25, 0.3) is 0 Å². The Hall–Kier alpha value is -0.400. The summed E-state index contributed by atoms with van der Waals surface area (Å²) < 4.78 is 0. The molecule has 0 amide bonds. The van der Waals surface area contributed by atoms with Crippen LogP contribution in [0.15, 0.2) is 5.18 Å². The molecule has 0 aromatic heterocycles. The van der Waals surface area contributed by atoms with Gasteiger partial charge in [0.15, 0.2) is 0 Å². The molecule has 2 aliphatic carbocycles. The molecule has 0 N–H and O–H groups in total. The van der Waals surface area contributed by atoms with E-state index in [9.17, 15) is 4.91 Å². The molecule has 0 spiro atoms. The third-order valence-electron chi connectivity index (χ3n) is 5.32. The molecule has 0 radical (unpaired) electrons. The van der Waals surface area contributed by atoms with Crippen LogP contribution >= 0.6 is 0 Å². The first kappa shape index (κ1) is 10.1. The molecule has 0 aromatic rings. The molecule has 2 fully saturated rings. The van der Waals surface area contributed by atoms with E-state index in [1.807, 2.05) is 0 Å². The van der Waals surface area contributed by atoms with E-state index in [-0.39, 0.29) is 11.5 Å². The molecule has 0 aliphatic heterocycles. The third kappa shape index (κ3) is 0.973. The molecule has 2 rings (SSSR count). The van der Waals surface area contributed by atoms with Crippen LogP contribution in [0.25, 0.3) is 0 Å². The maximum atomic E-state index is 11.0. The van der Waals surface area contributed by atoms with E-state index in [4.69, 9.17) is 0 Å². The van der Waals surface area contributed by atoms with E-state index in [0.29, 0.717) is 17.3 Å². The smallest absolute Gasteiger partial charge is 0.101 e.